The molecular formula is C18H20N6O2. The van der Waals surface area contributed by atoms with Gasteiger partial charge in [-0.05, 0) is 42.9 Å². The van der Waals surface area contributed by atoms with E-state index in [0.717, 1.165) is 24.9 Å². The van der Waals surface area contributed by atoms with E-state index in [1.807, 2.05) is 21.7 Å². The van der Waals surface area contributed by atoms with Crippen molar-refractivity contribution in [3.63, 3.8) is 0 Å². The molecule has 8 heteroatoms. The van der Waals surface area contributed by atoms with Crippen LogP contribution in [0.1, 0.15) is 29.2 Å². The number of aromatic nitrogens is 5. The minimum atomic E-state index is -0.396. The molecule has 26 heavy (non-hydrogen) atoms. The van der Waals surface area contributed by atoms with Gasteiger partial charge >= 0.3 is 0 Å². The first-order chi connectivity index (χ1) is 12.7. The second-order valence-corrected chi connectivity index (χ2v) is 7.37. The predicted molar refractivity (Wildman–Crippen MR) is 93.3 cm³/mol. The van der Waals surface area contributed by atoms with E-state index in [1.54, 1.807) is 24.7 Å². The van der Waals surface area contributed by atoms with Crippen molar-refractivity contribution in [2.75, 3.05) is 13.1 Å². The predicted octanol–water partition coefficient (Wildman–Crippen LogP) is 1.24. The van der Waals surface area contributed by atoms with Gasteiger partial charge in [-0.3, -0.25) is 4.79 Å². The lowest BCUT2D eigenvalue weighted by atomic mass is 9.77. The summed E-state index contributed by atoms with van der Waals surface area (Å²) in [6.07, 6.45) is 6.60. The Labute approximate surface area is 149 Å². The van der Waals surface area contributed by atoms with Gasteiger partial charge in [0.25, 0.3) is 5.91 Å². The fourth-order valence-corrected chi connectivity index (χ4v) is 4.52. The van der Waals surface area contributed by atoms with E-state index in [4.69, 9.17) is 0 Å². The maximum atomic E-state index is 12.9. The van der Waals surface area contributed by atoms with E-state index in [2.05, 4.69) is 20.4 Å². The Morgan fingerprint density at radius 3 is 2.77 bits per heavy atom. The molecule has 0 unspecified atom stereocenters. The number of aliphatic hydroxyl groups excluding tert-OH is 1. The summed E-state index contributed by atoms with van der Waals surface area (Å²) in [6, 6.07) is 5.44. The highest BCUT2D eigenvalue weighted by Crippen LogP contribution is 2.41. The summed E-state index contributed by atoms with van der Waals surface area (Å²) in [6.45, 7) is 1.44. The third-order valence-corrected chi connectivity index (χ3v) is 5.87. The van der Waals surface area contributed by atoms with Crippen LogP contribution in [0.2, 0.25) is 0 Å². The zero-order valence-electron chi connectivity index (χ0n) is 14.2. The maximum absolute atomic E-state index is 12.9. The Hall–Kier alpha value is -2.74. The van der Waals surface area contributed by atoms with Crippen molar-refractivity contribution < 1.29 is 9.90 Å². The summed E-state index contributed by atoms with van der Waals surface area (Å²) < 4.78 is 1.99. The van der Waals surface area contributed by atoms with Crippen molar-refractivity contribution in [1.29, 1.82) is 0 Å². The van der Waals surface area contributed by atoms with Crippen LogP contribution < -0.4 is 0 Å². The number of carbonyl (C=O) groups is 1. The van der Waals surface area contributed by atoms with E-state index >= 15 is 0 Å². The highest BCUT2D eigenvalue weighted by atomic mass is 16.3. The lowest BCUT2D eigenvalue weighted by molar-refractivity contribution is 0.0357. The van der Waals surface area contributed by atoms with Crippen LogP contribution in [0.4, 0.5) is 0 Å². The first kappa shape index (κ1) is 15.5. The van der Waals surface area contributed by atoms with E-state index < -0.39 is 6.10 Å². The molecule has 2 fully saturated rings. The smallest absolute Gasteiger partial charge is 0.253 e. The third kappa shape index (κ3) is 2.48. The molecule has 1 saturated carbocycles. The van der Waals surface area contributed by atoms with Gasteiger partial charge in [-0.25, -0.2) is 4.98 Å². The van der Waals surface area contributed by atoms with Crippen molar-refractivity contribution in [2.24, 2.45) is 11.8 Å². The van der Waals surface area contributed by atoms with Gasteiger partial charge in [0.05, 0.1) is 18.5 Å². The quantitative estimate of drug-likeness (QED) is 0.723. The Kier molecular flexibility index (Phi) is 3.53. The number of fused-ring (bicyclic) bond motifs is 2. The number of carbonyl (C=O) groups excluding carboxylic acids is 1. The van der Waals surface area contributed by atoms with Crippen LogP contribution in [0, 0.1) is 11.8 Å². The number of H-pyrrole nitrogens is 1. The molecule has 5 rings (SSSR count). The summed E-state index contributed by atoms with van der Waals surface area (Å²) in [5.74, 6) is 0.785. The van der Waals surface area contributed by atoms with Crippen LogP contribution in [0.3, 0.4) is 0 Å². The molecule has 1 aromatic carbocycles. The summed E-state index contributed by atoms with van der Waals surface area (Å²) in [5, 5.41) is 21.2. The Balaban J connectivity index is 1.34. The first-order valence-electron chi connectivity index (χ1n) is 8.94. The van der Waals surface area contributed by atoms with Gasteiger partial charge < -0.3 is 14.6 Å². The number of aromatic amines is 1. The molecule has 3 heterocycles. The lowest BCUT2D eigenvalue weighted by Crippen LogP contribution is -2.35. The molecule has 1 aliphatic heterocycles. The van der Waals surface area contributed by atoms with E-state index in [0.29, 0.717) is 29.5 Å². The molecule has 4 atom stereocenters. The van der Waals surface area contributed by atoms with Crippen LogP contribution in [0.5, 0.6) is 0 Å². The zero-order valence-corrected chi connectivity index (χ0v) is 14.2. The Morgan fingerprint density at radius 2 is 1.96 bits per heavy atom. The molecule has 0 spiro atoms. The van der Waals surface area contributed by atoms with Crippen LogP contribution in [0.25, 0.3) is 11.0 Å². The second-order valence-electron chi connectivity index (χ2n) is 7.37. The van der Waals surface area contributed by atoms with Crippen LogP contribution in [-0.2, 0) is 0 Å². The fraction of sp³-hybridized carbons (Fsp3) is 0.444. The monoisotopic (exact) mass is 352 g/mol. The van der Waals surface area contributed by atoms with Gasteiger partial charge in [0.15, 0.2) is 0 Å². The topological polar surface area (TPSA) is 99.9 Å². The molecule has 2 aliphatic rings. The number of benzene rings is 1. The van der Waals surface area contributed by atoms with E-state index in [-0.39, 0.29) is 11.9 Å². The highest BCUT2D eigenvalue weighted by molar-refractivity contribution is 5.97. The van der Waals surface area contributed by atoms with Gasteiger partial charge in [-0.1, -0.05) is 0 Å². The average molecular weight is 352 g/mol. The number of amides is 1. The summed E-state index contributed by atoms with van der Waals surface area (Å²) in [7, 11) is 0. The number of hydrogen-bond donors (Lipinski definition) is 2. The van der Waals surface area contributed by atoms with Gasteiger partial charge in [-0.15, -0.1) is 0 Å². The summed E-state index contributed by atoms with van der Waals surface area (Å²) in [5.41, 5.74) is 2.09. The van der Waals surface area contributed by atoms with E-state index in [1.165, 1.54) is 0 Å². The number of hydrogen-bond acceptors (Lipinski definition) is 5. The van der Waals surface area contributed by atoms with Crippen LogP contribution in [-0.4, -0.2) is 60.1 Å². The molecule has 2 aromatic heterocycles. The normalized spacial score (nSPS) is 28.4. The number of nitrogens with zero attached hydrogens (tertiary/aromatic N) is 5. The SMILES string of the molecule is O=C(c1ccc2n[nH]nc2c1)N1C[C@H]2C[C@@H](n3ccnc3)[C@H](O)C[C@H]2C1. The van der Waals surface area contributed by atoms with Crippen molar-refractivity contribution in [2.45, 2.75) is 25.0 Å². The first-order valence-corrected chi connectivity index (χ1v) is 8.94. The summed E-state index contributed by atoms with van der Waals surface area (Å²) in [4.78, 5) is 18.9. The number of nitrogens with one attached hydrogen (secondary N) is 1. The van der Waals surface area contributed by atoms with Crippen molar-refractivity contribution in [3.05, 3.63) is 42.5 Å². The summed E-state index contributed by atoms with van der Waals surface area (Å²) >= 11 is 0. The van der Waals surface area contributed by atoms with Gasteiger partial charge in [0, 0.05) is 31.0 Å². The number of likely N-dealkylation sites (tertiary alicyclic amines) is 1. The molecule has 0 radical (unpaired) electrons. The molecule has 1 saturated heterocycles. The largest absolute Gasteiger partial charge is 0.391 e. The fourth-order valence-electron chi connectivity index (χ4n) is 4.52. The Bertz CT molecular complexity index is 936. The molecule has 3 aromatic rings. The average Bonchev–Trinajstić information content (AvgIpc) is 3.38. The minimum absolute atomic E-state index is 0.0259. The molecule has 2 N–H and O–H groups in total. The zero-order chi connectivity index (χ0) is 17.7. The minimum Gasteiger partial charge on any atom is -0.391 e. The van der Waals surface area contributed by atoms with Crippen molar-refractivity contribution in [3.8, 4) is 0 Å². The second kappa shape index (κ2) is 5.91. The van der Waals surface area contributed by atoms with E-state index in [9.17, 15) is 9.90 Å². The number of aliphatic hydroxyl groups is 1. The van der Waals surface area contributed by atoms with Crippen LogP contribution >= 0.6 is 0 Å². The lowest BCUT2D eigenvalue weighted by Gasteiger charge is -2.35. The molecule has 0 bridgehead atoms. The van der Waals surface area contributed by atoms with Crippen LogP contribution in [0.15, 0.2) is 36.9 Å². The maximum Gasteiger partial charge on any atom is 0.253 e. The standard InChI is InChI=1S/C18H20N6O2/c25-17-7-13-9-24(8-12(13)6-16(17)23-4-3-19-10-23)18(26)11-1-2-14-15(5-11)21-22-20-14/h1-5,10,12-13,16-17,25H,6-9H2,(H,20,21,22)/t12-,13+,16-,17-/m1/s1. The Morgan fingerprint density at radius 1 is 1.15 bits per heavy atom. The highest BCUT2D eigenvalue weighted by Gasteiger charge is 2.43. The number of imidazole rings is 1. The molecule has 1 aliphatic carbocycles. The molecule has 8 nitrogen and oxygen atoms in total. The van der Waals surface area contributed by atoms with Gasteiger partial charge in [0.1, 0.15) is 11.0 Å². The van der Waals surface area contributed by atoms with Gasteiger partial charge in [0.2, 0.25) is 0 Å². The number of rotatable bonds is 2. The van der Waals surface area contributed by atoms with Crippen molar-refractivity contribution >= 4 is 16.9 Å². The molecule has 134 valence electrons. The third-order valence-electron chi connectivity index (χ3n) is 5.87. The molecule has 1 amide bonds. The van der Waals surface area contributed by atoms with Crippen molar-refractivity contribution in [1.82, 2.24) is 29.9 Å². The van der Waals surface area contributed by atoms with Gasteiger partial charge in [-0.2, -0.15) is 15.4 Å². The molecular weight excluding hydrogens is 332 g/mol.